The molecule has 0 saturated carbocycles. The highest BCUT2D eigenvalue weighted by atomic mass is 19.1. The lowest BCUT2D eigenvalue weighted by Gasteiger charge is -2.32. The predicted molar refractivity (Wildman–Crippen MR) is 39.9 cm³/mol. The third kappa shape index (κ3) is 1.92. The van der Waals surface area contributed by atoms with E-state index < -0.39 is 0 Å². The van der Waals surface area contributed by atoms with Gasteiger partial charge in [-0.15, -0.1) is 0 Å². The predicted octanol–water partition coefficient (Wildman–Crippen LogP) is 0.250. The number of hydrogen-bond donors (Lipinski definition) is 1. The maximum atomic E-state index is 11.9. The first kappa shape index (κ1) is 7.95. The quantitative estimate of drug-likeness (QED) is 0.600. The van der Waals surface area contributed by atoms with Crippen molar-refractivity contribution in [3.05, 3.63) is 0 Å². The van der Waals surface area contributed by atoms with Crippen molar-refractivity contribution in [1.29, 1.82) is 0 Å². The minimum absolute atomic E-state index is 0.198. The van der Waals surface area contributed by atoms with Crippen molar-refractivity contribution < 1.29 is 4.39 Å². The molecule has 0 aromatic carbocycles. The minimum Gasteiger partial charge on any atom is -0.314 e. The monoisotopic (exact) mass is 146 g/mol. The molecule has 0 bridgehead atoms. The molecule has 0 unspecified atom stereocenters. The summed E-state index contributed by atoms with van der Waals surface area (Å²) in [7, 11) is 2.06. The van der Waals surface area contributed by atoms with Gasteiger partial charge in [-0.05, 0) is 13.5 Å². The van der Waals surface area contributed by atoms with Gasteiger partial charge in [0, 0.05) is 25.7 Å². The van der Waals surface area contributed by atoms with E-state index in [0.29, 0.717) is 12.5 Å². The van der Waals surface area contributed by atoms with Crippen LogP contribution in [-0.2, 0) is 0 Å². The van der Waals surface area contributed by atoms with Crippen LogP contribution in [0.4, 0.5) is 4.39 Å². The van der Waals surface area contributed by atoms with Crippen molar-refractivity contribution in [3.8, 4) is 0 Å². The Morgan fingerprint density at radius 3 is 3.10 bits per heavy atom. The van der Waals surface area contributed by atoms with E-state index in [2.05, 4.69) is 17.3 Å². The number of nitrogens with one attached hydrogen (secondary N) is 1. The van der Waals surface area contributed by atoms with E-state index in [1.807, 2.05) is 0 Å². The first-order chi connectivity index (χ1) is 4.84. The second kappa shape index (κ2) is 3.88. The zero-order valence-corrected chi connectivity index (χ0v) is 6.44. The molecule has 0 amide bonds. The molecule has 10 heavy (non-hydrogen) atoms. The molecule has 2 nitrogen and oxygen atoms in total. The van der Waals surface area contributed by atoms with Crippen molar-refractivity contribution in [1.82, 2.24) is 10.2 Å². The Labute approximate surface area is 61.4 Å². The van der Waals surface area contributed by atoms with E-state index >= 15 is 0 Å². The maximum absolute atomic E-state index is 11.9. The number of alkyl halides is 1. The molecule has 0 spiro atoms. The summed E-state index contributed by atoms with van der Waals surface area (Å²) in [5.41, 5.74) is 0. The van der Waals surface area contributed by atoms with Crippen molar-refractivity contribution in [3.63, 3.8) is 0 Å². The van der Waals surface area contributed by atoms with Crippen molar-refractivity contribution >= 4 is 0 Å². The molecule has 0 radical (unpaired) electrons. The van der Waals surface area contributed by atoms with Crippen LogP contribution >= 0.6 is 0 Å². The second-order valence-electron chi connectivity index (χ2n) is 2.82. The maximum Gasteiger partial charge on any atom is 0.0909 e. The summed E-state index contributed by atoms with van der Waals surface area (Å²) in [4.78, 5) is 2.22. The largest absolute Gasteiger partial charge is 0.314 e. The standard InChI is InChI=1S/C7H15FN2/c1-10-5-4-9-6-7(10)2-3-8/h7,9H,2-6H2,1H3/t7-/m1/s1. The molecule has 1 N–H and O–H groups in total. The van der Waals surface area contributed by atoms with Gasteiger partial charge in [0.15, 0.2) is 0 Å². The van der Waals surface area contributed by atoms with E-state index in [1.165, 1.54) is 0 Å². The Morgan fingerprint density at radius 2 is 2.50 bits per heavy atom. The molecule has 60 valence electrons. The summed E-state index contributed by atoms with van der Waals surface area (Å²) in [5.74, 6) is 0. The molecule has 0 aromatic heterocycles. The molecule has 1 rings (SSSR count). The smallest absolute Gasteiger partial charge is 0.0909 e. The van der Waals surface area contributed by atoms with Crippen LogP contribution < -0.4 is 5.32 Å². The number of nitrogens with zero attached hydrogens (tertiary/aromatic N) is 1. The molecule has 1 aliphatic heterocycles. The zero-order valence-electron chi connectivity index (χ0n) is 6.44. The zero-order chi connectivity index (χ0) is 7.40. The molecule has 1 aliphatic rings. The Morgan fingerprint density at radius 1 is 1.70 bits per heavy atom. The van der Waals surface area contributed by atoms with E-state index in [4.69, 9.17) is 0 Å². The molecular weight excluding hydrogens is 131 g/mol. The van der Waals surface area contributed by atoms with Gasteiger partial charge in [-0.3, -0.25) is 4.39 Å². The van der Waals surface area contributed by atoms with Crippen LogP contribution in [0.25, 0.3) is 0 Å². The third-order valence-corrected chi connectivity index (χ3v) is 2.09. The molecule has 0 aromatic rings. The normalized spacial score (nSPS) is 28.8. The van der Waals surface area contributed by atoms with E-state index in [0.717, 1.165) is 19.6 Å². The lowest BCUT2D eigenvalue weighted by atomic mass is 10.1. The van der Waals surface area contributed by atoms with E-state index in [-0.39, 0.29) is 6.67 Å². The fraction of sp³-hybridized carbons (Fsp3) is 1.00. The summed E-state index contributed by atoms with van der Waals surface area (Å²) < 4.78 is 11.9. The fourth-order valence-electron chi connectivity index (χ4n) is 1.31. The van der Waals surface area contributed by atoms with Gasteiger partial charge < -0.3 is 10.2 Å². The van der Waals surface area contributed by atoms with Crippen LogP contribution in [0.2, 0.25) is 0 Å². The van der Waals surface area contributed by atoms with Gasteiger partial charge >= 0.3 is 0 Å². The van der Waals surface area contributed by atoms with Gasteiger partial charge in [-0.1, -0.05) is 0 Å². The number of rotatable bonds is 2. The summed E-state index contributed by atoms with van der Waals surface area (Å²) in [6.07, 6.45) is 0.670. The Kier molecular flexibility index (Phi) is 3.09. The highest BCUT2D eigenvalue weighted by Gasteiger charge is 2.17. The van der Waals surface area contributed by atoms with Gasteiger partial charge in [0.25, 0.3) is 0 Å². The van der Waals surface area contributed by atoms with Gasteiger partial charge in [-0.25, -0.2) is 0 Å². The molecule has 3 heteroatoms. The SMILES string of the molecule is CN1CCNC[C@H]1CCF. The van der Waals surface area contributed by atoms with Gasteiger partial charge in [0.1, 0.15) is 0 Å². The highest BCUT2D eigenvalue weighted by molar-refractivity contribution is 4.76. The number of piperazine rings is 1. The summed E-state index contributed by atoms with van der Waals surface area (Å²) in [6.45, 7) is 2.83. The van der Waals surface area contributed by atoms with Crippen LogP contribution in [-0.4, -0.2) is 44.3 Å². The van der Waals surface area contributed by atoms with E-state index in [1.54, 1.807) is 0 Å². The lowest BCUT2D eigenvalue weighted by molar-refractivity contribution is 0.180. The van der Waals surface area contributed by atoms with Crippen LogP contribution in [0, 0.1) is 0 Å². The Balaban J connectivity index is 2.25. The summed E-state index contributed by atoms with van der Waals surface area (Å²) in [6, 6.07) is 0.416. The van der Waals surface area contributed by atoms with Gasteiger partial charge in [-0.2, -0.15) is 0 Å². The molecule has 1 heterocycles. The minimum atomic E-state index is -0.198. The van der Waals surface area contributed by atoms with Crippen LogP contribution in [0.3, 0.4) is 0 Å². The van der Waals surface area contributed by atoms with Crippen LogP contribution in [0.5, 0.6) is 0 Å². The second-order valence-corrected chi connectivity index (χ2v) is 2.82. The lowest BCUT2D eigenvalue weighted by Crippen LogP contribution is -2.49. The molecule has 1 fully saturated rings. The van der Waals surface area contributed by atoms with Crippen molar-refractivity contribution in [2.75, 3.05) is 33.4 Å². The fourth-order valence-corrected chi connectivity index (χ4v) is 1.31. The average Bonchev–Trinajstić information content (AvgIpc) is 1.94. The number of likely N-dealkylation sites (N-methyl/N-ethyl adjacent to an activating group) is 1. The number of hydrogen-bond acceptors (Lipinski definition) is 2. The van der Waals surface area contributed by atoms with Gasteiger partial charge in [0.05, 0.1) is 6.67 Å². The number of halogens is 1. The molecule has 1 atom stereocenters. The topological polar surface area (TPSA) is 15.3 Å². The first-order valence-corrected chi connectivity index (χ1v) is 3.81. The molecular formula is C7H15FN2. The first-order valence-electron chi connectivity index (χ1n) is 3.81. The molecule has 0 aliphatic carbocycles. The van der Waals surface area contributed by atoms with Crippen molar-refractivity contribution in [2.24, 2.45) is 0 Å². The highest BCUT2D eigenvalue weighted by Crippen LogP contribution is 2.03. The average molecular weight is 146 g/mol. The van der Waals surface area contributed by atoms with Crippen LogP contribution in [0.1, 0.15) is 6.42 Å². The van der Waals surface area contributed by atoms with Crippen LogP contribution in [0.15, 0.2) is 0 Å². The summed E-state index contributed by atoms with van der Waals surface area (Å²) in [5, 5.41) is 3.24. The Bertz CT molecular complexity index is 95.6. The van der Waals surface area contributed by atoms with Crippen molar-refractivity contribution in [2.45, 2.75) is 12.5 Å². The summed E-state index contributed by atoms with van der Waals surface area (Å²) >= 11 is 0. The van der Waals surface area contributed by atoms with E-state index in [9.17, 15) is 4.39 Å². The third-order valence-electron chi connectivity index (χ3n) is 2.09. The van der Waals surface area contributed by atoms with Gasteiger partial charge in [0.2, 0.25) is 0 Å². The molecule has 1 saturated heterocycles. The Hall–Kier alpha value is -0.150.